The summed E-state index contributed by atoms with van der Waals surface area (Å²) in [4.78, 5) is 15.7. The predicted octanol–water partition coefficient (Wildman–Crippen LogP) is 0.913. The normalized spacial score (nSPS) is 10.5. The molecule has 0 saturated heterocycles. The lowest BCUT2D eigenvalue weighted by Crippen LogP contribution is -3.00. The molecule has 0 saturated carbocycles. The molecule has 2 aromatic carbocycles. The third-order valence-electron chi connectivity index (χ3n) is 3.83. The Kier molecular flexibility index (Phi) is 6.94. The van der Waals surface area contributed by atoms with E-state index >= 15 is 0 Å². The monoisotopic (exact) mass is 391 g/mol. The molecule has 1 aromatic heterocycles. The van der Waals surface area contributed by atoms with Gasteiger partial charge in [-0.25, -0.2) is 4.98 Å². The van der Waals surface area contributed by atoms with Gasteiger partial charge in [0.2, 0.25) is 0 Å². The van der Waals surface area contributed by atoms with E-state index in [9.17, 15) is 4.79 Å². The Morgan fingerprint density at radius 2 is 2.00 bits per heavy atom. The fourth-order valence-electron chi connectivity index (χ4n) is 2.60. The molecule has 0 bridgehead atoms. The molecule has 0 radical (unpaired) electrons. The van der Waals surface area contributed by atoms with Crippen molar-refractivity contribution in [3.05, 3.63) is 53.6 Å². The fourth-order valence-corrected chi connectivity index (χ4v) is 3.43. The van der Waals surface area contributed by atoms with E-state index in [0.29, 0.717) is 17.5 Å². The molecular weight excluding hydrogens is 372 g/mol. The minimum absolute atomic E-state index is 0. The number of imidazole rings is 1. The van der Waals surface area contributed by atoms with Crippen LogP contribution < -0.4 is 17.1 Å². The summed E-state index contributed by atoms with van der Waals surface area (Å²) >= 11 is 1.51. The number of aryl methyl sites for hydroxylation is 2. The Morgan fingerprint density at radius 1 is 1.23 bits per heavy atom. The van der Waals surface area contributed by atoms with Crippen LogP contribution in [0.25, 0.3) is 11.0 Å². The molecule has 3 aromatic rings. The molecule has 3 rings (SSSR count). The SMILES string of the molecule is Cc1ccc(C)c(OCCSc2nc3ccccc3n2CC(=O)O)c1.[Cl-]. The lowest BCUT2D eigenvalue weighted by Gasteiger charge is -2.10. The van der Waals surface area contributed by atoms with Gasteiger partial charge in [-0.2, -0.15) is 0 Å². The minimum Gasteiger partial charge on any atom is -1.00 e. The van der Waals surface area contributed by atoms with E-state index in [-0.39, 0.29) is 19.0 Å². The molecule has 0 atom stereocenters. The van der Waals surface area contributed by atoms with Crippen LogP contribution in [0.5, 0.6) is 5.75 Å². The number of ether oxygens (including phenoxy) is 1. The van der Waals surface area contributed by atoms with Gasteiger partial charge in [0.15, 0.2) is 5.16 Å². The van der Waals surface area contributed by atoms with Gasteiger partial charge in [-0.3, -0.25) is 4.79 Å². The first-order valence-corrected chi connectivity index (χ1v) is 9.03. The third kappa shape index (κ3) is 4.71. The van der Waals surface area contributed by atoms with Crippen molar-refractivity contribution >= 4 is 28.8 Å². The highest BCUT2D eigenvalue weighted by Crippen LogP contribution is 2.25. The van der Waals surface area contributed by atoms with Gasteiger partial charge in [-0.1, -0.05) is 36.0 Å². The molecule has 0 aliphatic carbocycles. The summed E-state index contributed by atoms with van der Waals surface area (Å²) in [6.45, 7) is 4.50. The van der Waals surface area contributed by atoms with Gasteiger partial charge in [0.1, 0.15) is 12.3 Å². The number of thioether (sulfide) groups is 1. The maximum atomic E-state index is 11.2. The van der Waals surface area contributed by atoms with E-state index < -0.39 is 5.97 Å². The van der Waals surface area contributed by atoms with Crippen LogP contribution in [0.15, 0.2) is 47.6 Å². The van der Waals surface area contributed by atoms with E-state index in [1.54, 1.807) is 4.57 Å². The number of nitrogens with zero attached hydrogens (tertiary/aromatic N) is 2. The molecule has 5 nitrogen and oxygen atoms in total. The van der Waals surface area contributed by atoms with Gasteiger partial charge in [-0.15, -0.1) is 0 Å². The Morgan fingerprint density at radius 3 is 2.77 bits per heavy atom. The summed E-state index contributed by atoms with van der Waals surface area (Å²) in [5, 5.41) is 9.87. The van der Waals surface area contributed by atoms with E-state index in [4.69, 9.17) is 9.84 Å². The van der Waals surface area contributed by atoms with Gasteiger partial charge in [0, 0.05) is 5.75 Å². The largest absolute Gasteiger partial charge is 1.00 e. The molecule has 0 aliphatic rings. The highest BCUT2D eigenvalue weighted by molar-refractivity contribution is 7.99. The third-order valence-corrected chi connectivity index (χ3v) is 4.77. The quantitative estimate of drug-likeness (QED) is 0.479. The maximum Gasteiger partial charge on any atom is 0.323 e. The Balaban J connectivity index is 0.00000243. The van der Waals surface area contributed by atoms with Crippen LogP contribution >= 0.6 is 11.8 Å². The lowest BCUT2D eigenvalue weighted by molar-refractivity contribution is -0.137. The number of carboxylic acids is 1. The number of carbonyl (C=O) groups is 1. The second-order valence-corrected chi connectivity index (χ2v) is 6.89. The summed E-state index contributed by atoms with van der Waals surface area (Å²) in [6.07, 6.45) is 0. The molecule has 0 fully saturated rings. The average molecular weight is 392 g/mol. The van der Waals surface area contributed by atoms with Crippen LogP contribution in [-0.2, 0) is 11.3 Å². The van der Waals surface area contributed by atoms with Crippen LogP contribution in [0, 0.1) is 13.8 Å². The van der Waals surface area contributed by atoms with Crippen molar-refractivity contribution in [3.8, 4) is 5.75 Å². The molecular formula is C19H20ClN2O3S-. The fraction of sp³-hybridized carbons (Fsp3) is 0.263. The summed E-state index contributed by atoms with van der Waals surface area (Å²) in [6, 6.07) is 13.7. The lowest BCUT2D eigenvalue weighted by atomic mass is 10.1. The summed E-state index contributed by atoms with van der Waals surface area (Å²) in [5.41, 5.74) is 3.91. The second kappa shape index (κ2) is 8.96. The number of rotatable bonds is 7. The van der Waals surface area contributed by atoms with Crippen LogP contribution in [0.1, 0.15) is 11.1 Å². The van der Waals surface area contributed by atoms with Crippen molar-refractivity contribution in [1.82, 2.24) is 9.55 Å². The van der Waals surface area contributed by atoms with Gasteiger partial charge in [0.25, 0.3) is 0 Å². The van der Waals surface area contributed by atoms with Gasteiger partial charge in [0.05, 0.1) is 17.6 Å². The zero-order valence-electron chi connectivity index (χ0n) is 14.6. The summed E-state index contributed by atoms with van der Waals surface area (Å²) in [7, 11) is 0. The van der Waals surface area contributed by atoms with Crippen molar-refractivity contribution in [2.45, 2.75) is 25.5 Å². The van der Waals surface area contributed by atoms with Gasteiger partial charge >= 0.3 is 5.97 Å². The van der Waals surface area contributed by atoms with E-state index in [1.807, 2.05) is 50.2 Å². The number of hydrogen-bond donors (Lipinski definition) is 1. The maximum absolute atomic E-state index is 11.2. The smallest absolute Gasteiger partial charge is 0.323 e. The standard InChI is InChI=1S/C19H20N2O3S.ClH/c1-13-7-8-14(2)17(11-13)24-9-10-25-19-20-15-5-3-4-6-16(15)21(19)12-18(22)23;/h3-8,11H,9-10,12H2,1-2H3,(H,22,23);1H/p-1. The summed E-state index contributed by atoms with van der Waals surface area (Å²) in [5.74, 6) is 0.701. The van der Waals surface area contributed by atoms with Gasteiger partial charge in [-0.05, 0) is 43.2 Å². The predicted molar refractivity (Wildman–Crippen MR) is 99.5 cm³/mol. The molecule has 0 aliphatic heterocycles. The molecule has 0 amide bonds. The number of fused-ring (bicyclic) bond motifs is 1. The van der Waals surface area contributed by atoms with Crippen LogP contribution in [0.2, 0.25) is 0 Å². The Labute approximate surface area is 162 Å². The molecule has 1 N–H and O–H groups in total. The number of aromatic nitrogens is 2. The van der Waals surface area contributed by atoms with E-state index in [2.05, 4.69) is 11.1 Å². The van der Waals surface area contributed by atoms with Crippen LogP contribution in [-0.4, -0.2) is 33.0 Å². The zero-order chi connectivity index (χ0) is 17.8. The first-order chi connectivity index (χ1) is 12.0. The molecule has 0 spiro atoms. The molecule has 1 heterocycles. The number of carboxylic acid groups (broad SMARTS) is 1. The van der Waals surface area contributed by atoms with E-state index in [1.165, 1.54) is 11.8 Å². The number of halogens is 1. The van der Waals surface area contributed by atoms with Crippen LogP contribution in [0.3, 0.4) is 0 Å². The van der Waals surface area contributed by atoms with Gasteiger partial charge < -0.3 is 26.8 Å². The molecule has 138 valence electrons. The number of aliphatic carboxylic acids is 1. The van der Waals surface area contributed by atoms with Crippen molar-refractivity contribution in [3.63, 3.8) is 0 Å². The van der Waals surface area contributed by atoms with Crippen LogP contribution in [0.4, 0.5) is 0 Å². The van der Waals surface area contributed by atoms with E-state index in [0.717, 1.165) is 27.9 Å². The summed E-state index contributed by atoms with van der Waals surface area (Å²) < 4.78 is 7.60. The highest BCUT2D eigenvalue weighted by Gasteiger charge is 2.13. The minimum atomic E-state index is -0.878. The number of para-hydroxylation sites is 2. The average Bonchev–Trinajstić information content (AvgIpc) is 2.92. The zero-order valence-corrected chi connectivity index (χ0v) is 16.2. The number of hydrogen-bond acceptors (Lipinski definition) is 4. The molecule has 0 unspecified atom stereocenters. The number of benzene rings is 2. The molecule has 7 heteroatoms. The second-order valence-electron chi connectivity index (χ2n) is 5.83. The highest BCUT2D eigenvalue weighted by atomic mass is 35.5. The Bertz CT molecular complexity index is 911. The topological polar surface area (TPSA) is 64.4 Å². The first-order valence-electron chi connectivity index (χ1n) is 8.04. The van der Waals surface area contributed by atoms with Crippen molar-refractivity contribution in [2.75, 3.05) is 12.4 Å². The molecule has 26 heavy (non-hydrogen) atoms. The first kappa shape index (κ1) is 20.1. The van der Waals surface area contributed by atoms with Crippen molar-refractivity contribution < 1.29 is 27.0 Å². The Hall–Kier alpha value is -2.18. The van der Waals surface area contributed by atoms with Crippen molar-refractivity contribution in [1.29, 1.82) is 0 Å². The van der Waals surface area contributed by atoms with Crippen molar-refractivity contribution in [2.24, 2.45) is 0 Å².